The molecular weight excluding hydrogens is 344 g/mol. The van der Waals surface area contributed by atoms with E-state index >= 15 is 0 Å². The molecule has 7 heteroatoms. The maximum Gasteiger partial charge on any atom is 0.314 e. The van der Waals surface area contributed by atoms with Gasteiger partial charge >= 0.3 is 11.1 Å². The van der Waals surface area contributed by atoms with Crippen molar-refractivity contribution < 1.29 is 4.79 Å². The van der Waals surface area contributed by atoms with Crippen LogP contribution in [0.4, 0.5) is 0 Å². The van der Waals surface area contributed by atoms with Crippen molar-refractivity contribution in [1.29, 1.82) is 0 Å². The largest absolute Gasteiger partial charge is 0.348 e. The molecule has 144 valence electrons. The molecule has 2 aromatic rings. The van der Waals surface area contributed by atoms with Crippen LogP contribution in [0.1, 0.15) is 55.3 Å². The summed E-state index contributed by atoms with van der Waals surface area (Å²) in [5.41, 5.74) is 0.0529. The number of likely N-dealkylation sites (tertiary alicyclic amines) is 1. The van der Waals surface area contributed by atoms with Crippen LogP contribution in [0.2, 0.25) is 0 Å². The van der Waals surface area contributed by atoms with E-state index in [1.807, 2.05) is 0 Å². The van der Waals surface area contributed by atoms with E-state index in [0.717, 1.165) is 25.9 Å². The number of piperidine rings is 1. The third-order valence-corrected chi connectivity index (χ3v) is 5.86. The van der Waals surface area contributed by atoms with Gasteiger partial charge in [0, 0.05) is 24.2 Å². The van der Waals surface area contributed by atoms with E-state index in [1.165, 1.54) is 32.1 Å². The fourth-order valence-corrected chi connectivity index (χ4v) is 4.43. The van der Waals surface area contributed by atoms with Gasteiger partial charge in [-0.25, -0.2) is 0 Å². The maximum absolute atomic E-state index is 12.7. The highest BCUT2D eigenvalue weighted by Gasteiger charge is 2.27. The maximum atomic E-state index is 12.7. The van der Waals surface area contributed by atoms with Gasteiger partial charge in [-0.1, -0.05) is 19.3 Å². The number of nitrogens with zero attached hydrogens (tertiary/aromatic N) is 1. The molecule has 27 heavy (non-hydrogen) atoms. The minimum atomic E-state index is -0.713. The van der Waals surface area contributed by atoms with Gasteiger partial charge in [-0.3, -0.25) is 19.3 Å². The quantitative estimate of drug-likeness (QED) is 0.717. The van der Waals surface area contributed by atoms with Crippen molar-refractivity contribution in [3.05, 3.63) is 44.5 Å². The molecule has 4 rings (SSSR count). The van der Waals surface area contributed by atoms with E-state index in [0.29, 0.717) is 22.6 Å². The summed E-state index contributed by atoms with van der Waals surface area (Å²) in [4.78, 5) is 43.2. The standard InChI is InChI=1S/C20H26N4O3/c25-18(13-8-9-16-17(11-13)23-20(27)19(26)22-16)21-14-5-4-10-24(12-14)15-6-2-1-3-7-15/h8-9,11,14-15H,1-7,10,12H2,(H,21,25)(H,22,26)(H,23,27). The summed E-state index contributed by atoms with van der Waals surface area (Å²) in [6.07, 6.45) is 8.62. The summed E-state index contributed by atoms with van der Waals surface area (Å²) < 4.78 is 0. The first-order valence-electron chi connectivity index (χ1n) is 9.91. The molecule has 1 aromatic heterocycles. The Balaban J connectivity index is 1.45. The highest BCUT2D eigenvalue weighted by molar-refractivity contribution is 5.97. The van der Waals surface area contributed by atoms with Crippen LogP contribution in [-0.2, 0) is 0 Å². The van der Waals surface area contributed by atoms with Crippen molar-refractivity contribution in [2.45, 2.75) is 57.0 Å². The zero-order valence-electron chi connectivity index (χ0n) is 15.4. The number of hydrogen-bond acceptors (Lipinski definition) is 4. The number of aromatic amines is 2. The van der Waals surface area contributed by atoms with E-state index in [2.05, 4.69) is 20.2 Å². The predicted octanol–water partition coefficient (Wildman–Crippen LogP) is 1.74. The first-order chi connectivity index (χ1) is 13.1. The number of benzene rings is 1. The molecule has 0 spiro atoms. The molecule has 1 aromatic carbocycles. The minimum absolute atomic E-state index is 0.139. The first kappa shape index (κ1) is 18.0. The Morgan fingerprint density at radius 1 is 0.963 bits per heavy atom. The number of rotatable bonds is 3. The van der Waals surface area contributed by atoms with Crippen molar-refractivity contribution in [3.63, 3.8) is 0 Å². The normalized spacial score (nSPS) is 22.0. The summed E-state index contributed by atoms with van der Waals surface area (Å²) in [6, 6.07) is 5.76. The molecule has 2 aliphatic rings. The van der Waals surface area contributed by atoms with Gasteiger partial charge in [0.05, 0.1) is 11.0 Å². The first-order valence-corrected chi connectivity index (χ1v) is 9.91. The van der Waals surface area contributed by atoms with E-state index in [4.69, 9.17) is 0 Å². The molecule has 1 saturated heterocycles. The van der Waals surface area contributed by atoms with Crippen LogP contribution in [0, 0.1) is 0 Å². The smallest absolute Gasteiger partial charge is 0.314 e. The van der Waals surface area contributed by atoms with Crippen LogP contribution < -0.4 is 16.4 Å². The van der Waals surface area contributed by atoms with Crippen molar-refractivity contribution in [1.82, 2.24) is 20.2 Å². The van der Waals surface area contributed by atoms with Gasteiger partial charge in [0.15, 0.2) is 0 Å². The van der Waals surface area contributed by atoms with Crippen LogP contribution in [0.25, 0.3) is 11.0 Å². The van der Waals surface area contributed by atoms with Crippen molar-refractivity contribution in [2.75, 3.05) is 13.1 Å². The molecule has 2 fully saturated rings. The molecular formula is C20H26N4O3. The SMILES string of the molecule is O=C(NC1CCCN(C2CCCCC2)C1)c1ccc2[nH]c(=O)c(=O)[nH]c2c1. The van der Waals surface area contributed by atoms with Crippen molar-refractivity contribution in [3.8, 4) is 0 Å². The number of fused-ring (bicyclic) bond motifs is 1. The molecule has 1 unspecified atom stereocenters. The van der Waals surface area contributed by atoms with Crippen molar-refractivity contribution >= 4 is 16.9 Å². The zero-order chi connectivity index (χ0) is 18.8. The Morgan fingerprint density at radius 3 is 2.48 bits per heavy atom. The number of carbonyl (C=O) groups excluding carboxylic acids is 1. The van der Waals surface area contributed by atoms with Crippen LogP contribution in [-0.4, -0.2) is 45.9 Å². The number of aromatic nitrogens is 2. The van der Waals surface area contributed by atoms with Gasteiger partial charge in [-0.2, -0.15) is 0 Å². The van der Waals surface area contributed by atoms with Crippen LogP contribution in [0.5, 0.6) is 0 Å². The summed E-state index contributed by atoms with van der Waals surface area (Å²) in [5, 5.41) is 3.15. The number of hydrogen-bond donors (Lipinski definition) is 3. The van der Waals surface area contributed by atoms with E-state index in [-0.39, 0.29) is 11.9 Å². The third kappa shape index (κ3) is 3.98. The second-order valence-electron chi connectivity index (χ2n) is 7.77. The Labute approximate surface area is 157 Å². The molecule has 1 aliphatic carbocycles. The van der Waals surface area contributed by atoms with Gasteiger partial charge in [0.2, 0.25) is 0 Å². The fourth-order valence-electron chi connectivity index (χ4n) is 4.43. The van der Waals surface area contributed by atoms with Gasteiger partial charge < -0.3 is 15.3 Å². The fraction of sp³-hybridized carbons (Fsp3) is 0.550. The molecule has 0 bridgehead atoms. The van der Waals surface area contributed by atoms with Gasteiger partial charge in [0.1, 0.15) is 0 Å². The van der Waals surface area contributed by atoms with Crippen LogP contribution in [0.15, 0.2) is 27.8 Å². The van der Waals surface area contributed by atoms with Crippen LogP contribution in [0.3, 0.4) is 0 Å². The molecule has 0 radical (unpaired) electrons. The number of nitrogens with one attached hydrogen (secondary N) is 3. The lowest BCUT2D eigenvalue weighted by Crippen LogP contribution is -2.51. The number of H-pyrrole nitrogens is 2. The average molecular weight is 370 g/mol. The highest BCUT2D eigenvalue weighted by atomic mass is 16.2. The Morgan fingerprint density at radius 2 is 1.70 bits per heavy atom. The Kier molecular flexibility index (Phi) is 5.11. The lowest BCUT2D eigenvalue weighted by atomic mass is 9.92. The molecule has 1 saturated carbocycles. The molecule has 7 nitrogen and oxygen atoms in total. The average Bonchev–Trinajstić information content (AvgIpc) is 2.69. The summed E-state index contributed by atoms with van der Waals surface area (Å²) in [5.74, 6) is -0.139. The lowest BCUT2D eigenvalue weighted by molar-refractivity contribution is 0.0836. The number of carbonyl (C=O) groups is 1. The molecule has 1 atom stereocenters. The van der Waals surface area contributed by atoms with Crippen LogP contribution >= 0.6 is 0 Å². The molecule has 1 amide bonds. The van der Waals surface area contributed by atoms with E-state index in [1.54, 1.807) is 18.2 Å². The highest BCUT2D eigenvalue weighted by Crippen LogP contribution is 2.25. The monoisotopic (exact) mass is 370 g/mol. The van der Waals surface area contributed by atoms with Gasteiger partial charge in [-0.15, -0.1) is 0 Å². The number of amides is 1. The minimum Gasteiger partial charge on any atom is -0.348 e. The van der Waals surface area contributed by atoms with E-state index in [9.17, 15) is 14.4 Å². The molecule has 3 N–H and O–H groups in total. The molecule has 2 heterocycles. The summed E-state index contributed by atoms with van der Waals surface area (Å²) in [7, 11) is 0. The summed E-state index contributed by atoms with van der Waals surface area (Å²) in [6.45, 7) is 2.04. The summed E-state index contributed by atoms with van der Waals surface area (Å²) >= 11 is 0. The van der Waals surface area contributed by atoms with E-state index < -0.39 is 11.1 Å². The second-order valence-corrected chi connectivity index (χ2v) is 7.77. The van der Waals surface area contributed by atoms with Gasteiger partial charge in [-0.05, 0) is 50.4 Å². The Bertz CT molecular complexity index is 942. The predicted molar refractivity (Wildman–Crippen MR) is 104 cm³/mol. The third-order valence-electron chi connectivity index (χ3n) is 5.86. The Hall–Kier alpha value is -2.41. The molecule has 1 aliphatic heterocycles. The van der Waals surface area contributed by atoms with Crippen molar-refractivity contribution in [2.24, 2.45) is 0 Å². The second kappa shape index (κ2) is 7.68. The lowest BCUT2D eigenvalue weighted by Gasteiger charge is -2.40. The topological polar surface area (TPSA) is 98.1 Å². The van der Waals surface area contributed by atoms with Gasteiger partial charge in [0.25, 0.3) is 5.91 Å². The zero-order valence-corrected chi connectivity index (χ0v) is 15.4.